The first kappa shape index (κ1) is 12.6. The first-order valence-corrected chi connectivity index (χ1v) is 6.31. The van der Waals surface area contributed by atoms with Crippen molar-refractivity contribution in [3.05, 3.63) is 34.9 Å². The molecule has 94 valence electrons. The van der Waals surface area contributed by atoms with E-state index < -0.39 is 0 Å². The van der Waals surface area contributed by atoms with Crippen molar-refractivity contribution in [3.63, 3.8) is 0 Å². The summed E-state index contributed by atoms with van der Waals surface area (Å²) in [5.41, 5.74) is 9.95. The Morgan fingerprint density at radius 1 is 1.24 bits per heavy atom. The maximum atomic E-state index is 5.94. The highest BCUT2D eigenvalue weighted by Crippen LogP contribution is 2.22. The second-order valence-corrected chi connectivity index (χ2v) is 4.74. The van der Waals surface area contributed by atoms with Crippen LogP contribution in [-0.2, 0) is 4.74 Å². The van der Waals surface area contributed by atoms with E-state index in [0.717, 1.165) is 26.3 Å². The molecule has 1 heterocycles. The van der Waals surface area contributed by atoms with E-state index in [1.165, 1.54) is 16.7 Å². The van der Waals surface area contributed by atoms with Gasteiger partial charge in [0.15, 0.2) is 0 Å². The van der Waals surface area contributed by atoms with Crippen LogP contribution in [0.25, 0.3) is 0 Å². The van der Waals surface area contributed by atoms with Crippen LogP contribution >= 0.6 is 0 Å². The van der Waals surface area contributed by atoms with E-state index in [1.54, 1.807) is 0 Å². The lowest BCUT2D eigenvalue weighted by Gasteiger charge is -2.34. The average Bonchev–Trinajstić information content (AvgIpc) is 2.36. The molecule has 1 aromatic carbocycles. The summed E-state index contributed by atoms with van der Waals surface area (Å²) in [6.45, 7) is 8.58. The molecule has 0 saturated carbocycles. The Bertz CT molecular complexity index is 372. The number of ether oxygens (including phenoxy) is 1. The minimum Gasteiger partial charge on any atom is -0.379 e. The van der Waals surface area contributed by atoms with Crippen LogP contribution in [0.3, 0.4) is 0 Å². The average molecular weight is 234 g/mol. The standard InChI is InChI=1S/C14H22N2O/c1-11-3-4-13(9-12(11)2)14(10-15)16-5-7-17-8-6-16/h3-4,9,14H,5-8,10,15H2,1-2H3/t14-/m1/s1. The fraction of sp³-hybridized carbons (Fsp3) is 0.571. The van der Waals surface area contributed by atoms with Gasteiger partial charge in [0.2, 0.25) is 0 Å². The molecule has 1 aromatic rings. The summed E-state index contributed by atoms with van der Waals surface area (Å²) in [4.78, 5) is 2.42. The highest BCUT2D eigenvalue weighted by Gasteiger charge is 2.21. The maximum Gasteiger partial charge on any atom is 0.0594 e. The molecule has 0 aliphatic carbocycles. The minimum absolute atomic E-state index is 0.332. The first-order chi connectivity index (χ1) is 8.22. The summed E-state index contributed by atoms with van der Waals surface area (Å²) in [5.74, 6) is 0. The smallest absolute Gasteiger partial charge is 0.0594 e. The number of nitrogens with zero attached hydrogens (tertiary/aromatic N) is 1. The van der Waals surface area contributed by atoms with Crippen LogP contribution in [0.4, 0.5) is 0 Å². The van der Waals surface area contributed by atoms with Crippen LogP contribution < -0.4 is 5.73 Å². The molecule has 2 rings (SSSR count). The Hall–Kier alpha value is -0.900. The van der Waals surface area contributed by atoms with Crippen molar-refractivity contribution < 1.29 is 4.74 Å². The molecule has 0 spiro atoms. The third-order valence-electron chi connectivity index (χ3n) is 3.63. The lowest BCUT2D eigenvalue weighted by atomic mass is 10.00. The van der Waals surface area contributed by atoms with E-state index in [9.17, 15) is 0 Å². The first-order valence-electron chi connectivity index (χ1n) is 6.31. The fourth-order valence-corrected chi connectivity index (χ4v) is 2.36. The number of benzene rings is 1. The van der Waals surface area contributed by atoms with Crippen molar-refractivity contribution in [1.29, 1.82) is 0 Å². The van der Waals surface area contributed by atoms with Crippen LogP contribution in [0, 0.1) is 13.8 Å². The van der Waals surface area contributed by atoms with E-state index >= 15 is 0 Å². The Morgan fingerprint density at radius 2 is 1.94 bits per heavy atom. The zero-order valence-corrected chi connectivity index (χ0v) is 10.8. The summed E-state index contributed by atoms with van der Waals surface area (Å²) in [7, 11) is 0. The zero-order chi connectivity index (χ0) is 12.3. The number of nitrogens with two attached hydrogens (primary N) is 1. The second kappa shape index (κ2) is 5.63. The van der Waals surface area contributed by atoms with Crippen molar-refractivity contribution in [2.75, 3.05) is 32.8 Å². The fourth-order valence-electron chi connectivity index (χ4n) is 2.36. The Morgan fingerprint density at radius 3 is 2.53 bits per heavy atom. The second-order valence-electron chi connectivity index (χ2n) is 4.74. The third-order valence-corrected chi connectivity index (χ3v) is 3.63. The Kier molecular flexibility index (Phi) is 4.15. The molecule has 1 atom stereocenters. The molecule has 2 N–H and O–H groups in total. The number of aryl methyl sites for hydroxylation is 2. The van der Waals surface area contributed by atoms with Crippen molar-refractivity contribution in [2.24, 2.45) is 5.73 Å². The van der Waals surface area contributed by atoms with Crippen molar-refractivity contribution >= 4 is 0 Å². The molecule has 0 radical (unpaired) electrons. The van der Waals surface area contributed by atoms with Crippen LogP contribution in [0.2, 0.25) is 0 Å². The Labute approximate surface area is 104 Å². The molecule has 1 fully saturated rings. The van der Waals surface area contributed by atoms with Crippen molar-refractivity contribution in [2.45, 2.75) is 19.9 Å². The number of hydrogen-bond donors (Lipinski definition) is 1. The van der Waals surface area contributed by atoms with Crippen molar-refractivity contribution in [3.8, 4) is 0 Å². The van der Waals surface area contributed by atoms with Gasteiger partial charge in [-0.1, -0.05) is 18.2 Å². The van der Waals surface area contributed by atoms with E-state index in [0.29, 0.717) is 12.6 Å². The predicted octanol–water partition coefficient (Wildman–Crippen LogP) is 1.64. The van der Waals surface area contributed by atoms with Gasteiger partial charge in [0.25, 0.3) is 0 Å². The van der Waals surface area contributed by atoms with E-state index in [4.69, 9.17) is 10.5 Å². The SMILES string of the molecule is Cc1ccc([C@@H](CN)N2CCOCC2)cc1C. The highest BCUT2D eigenvalue weighted by molar-refractivity contribution is 5.32. The normalized spacial score (nSPS) is 19.2. The zero-order valence-electron chi connectivity index (χ0n) is 10.8. The van der Waals surface area contributed by atoms with Crippen molar-refractivity contribution in [1.82, 2.24) is 4.90 Å². The van der Waals surface area contributed by atoms with Gasteiger partial charge in [-0.15, -0.1) is 0 Å². The monoisotopic (exact) mass is 234 g/mol. The molecular formula is C14H22N2O. The number of hydrogen-bond acceptors (Lipinski definition) is 3. The molecule has 0 unspecified atom stereocenters. The summed E-state index contributed by atoms with van der Waals surface area (Å²) >= 11 is 0. The van der Waals surface area contributed by atoms with Gasteiger partial charge in [-0.3, -0.25) is 4.90 Å². The van der Waals surface area contributed by atoms with Gasteiger partial charge in [-0.05, 0) is 30.5 Å². The van der Waals surface area contributed by atoms with Crippen LogP contribution in [0.5, 0.6) is 0 Å². The summed E-state index contributed by atoms with van der Waals surface area (Å²) < 4.78 is 5.39. The van der Waals surface area contributed by atoms with Gasteiger partial charge in [-0.25, -0.2) is 0 Å². The van der Waals surface area contributed by atoms with Crippen LogP contribution in [-0.4, -0.2) is 37.7 Å². The largest absolute Gasteiger partial charge is 0.379 e. The van der Waals surface area contributed by atoms with Gasteiger partial charge in [-0.2, -0.15) is 0 Å². The van der Waals surface area contributed by atoms with Gasteiger partial charge >= 0.3 is 0 Å². The maximum absolute atomic E-state index is 5.94. The van der Waals surface area contributed by atoms with Gasteiger partial charge in [0.05, 0.1) is 13.2 Å². The molecule has 0 aromatic heterocycles. The highest BCUT2D eigenvalue weighted by atomic mass is 16.5. The quantitative estimate of drug-likeness (QED) is 0.864. The molecule has 1 aliphatic heterocycles. The molecule has 1 aliphatic rings. The summed E-state index contributed by atoms with van der Waals surface area (Å²) in [6.07, 6.45) is 0. The van der Waals surface area contributed by atoms with Crippen LogP contribution in [0.1, 0.15) is 22.7 Å². The molecule has 1 saturated heterocycles. The summed E-state index contributed by atoms with van der Waals surface area (Å²) in [6, 6.07) is 6.99. The number of rotatable bonds is 3. The van der Waals surface area contributed by atoms with Crippen LogP contribution in [0.15, 0.2) is 18.2 Å². The predicted molar refractivity (Wildman–Crippen MR) is 70.1 cm³/mol. The molecule has 0 amide bonds. The van der Waals surface area contributed by atoms with E-state index in [1.807, 2.05) is 0 Å². The molecule has 0 bridgehead atoms. The van der Waals surface area contributed by atoms with Gasteiger partial charge < -0.3 is 10.5 Å². The third kappa shape index (κ3) is 2.86. The molecular weight excluding hydrogens is 212 g/mol. The van der Waals surface area contributed by atoms with Gasteiger partial charge in [0, 0.05) is 25.7 Å². The lowest BCUT2D eigenvalue weighted by molar-refractivity contribution is 0.0179. The molecule has 3 nitrogen and oxygen atoms in total. The van der Waals surface area contributed by atoms with E-state index in [-0.39, 0.29) is 0 Å². The van der Waals surface area contributed by atoms with Gasteiger partial charge in [0.1, 0.15) is 0 Å². The topological polar surface area (TPSA) is 38.5 Å². The minimum atomic E-state index is 0.332. The lowest BCUT2D eigenvalue weighted by Crippen LogP contribution is -2.41. The molecule has 17 heavy (non-hydrogen) atoms. The number of morpholine rings is 1. The Balaban J connectivity index is 2.18. The van der Waals surface area contributed by atoms with E-state index in [2.05, 4.69) is 36.9 Å². The molecule has 3 heteroatoms. The summed E-state index contributed by atoms with van der Waals surface area (Å²) in [5, 5.41) is 0.